The number of nitrogens with zero attached hydrogens (tertiary/aromatic N) is 2. The van der Waals surface area contributed by atoms with E-state index in [0.717, 1.165) is 11.0 Å². The molecule has 146 valence electrons. The summed E-state index contributed by atoms with van der Waals surface area (Å²) < 4.78 is 10.5. The SMILES string of the molecule is COc1ccc(C(=O)NC2=NC(c3nc4ccccc4[nH]3)=CC=CC2)cc1OC. The van der Waals surface area contributed by atoms with Crippen molar-refractivity contribution < 1.29 is 14.3 Å². The van der Waals surface area contributed by atoms with E-state index in [9.17, 15) is 4.79 Å². The van der Waals surface area contributed by atoms with Crippen molar-refractivity contribution in [3.8, 4) is 11.5 Å². The van der Waals surface area contributed by atoms with Gasteiger partial charge in [0.25, 0.3) is 5.91 Å². The monoisotopic (exact) mass is 388 g/mol. The van der Waals surface area contributed by atoms with E-state index in [1.165, 1.54) is 7.11 Å². The van der Waals surface area contributed by atoms with Gasteiger partial charge in [0.2, 0.25) is 0 Å². The van der Waals surface area contributed by atoms with Crippen LogP contribution in [0, 0.1) is 0 Å². The molecule has 1 aliphatic rings. The van der Waals surface area contributed by atoms with Gasteiger partial charge in [0, 0.05) is 12.0 Å². The van der Waals surface area contributed by atoms with E-state index in [2.05, 4.69) is 20.3 Å². The highest BCUT2D eigenvalue weighted by molar-refractivity contribution is 6.08. The summed E-state index contributed by atoms with van der Waals surface area (Å²) in [7, 11) is 3.08. The summed E-state index contributed by atoms with van der Waals surface area (Å²) in [6.07, 6.45) is 6.21. The standard InChI is InChI=1S/C22H20N4O3/c1-28-18-12-11-14(13-19(18)29-2)22(27)26-20-10-6-5-9-17(23-20)21-24-15-7-3-4-8-16(15)25-21/h3-9,11-13H,10H2,1-2H3,(H,24,25)(H,23,26,27). The average Bonchev–Trinajstić information content (AvgIpc) is 3.05. The van der Waals surface area contributed by atoms with Crippen LogP contribution in [0.4, 0.5) is 0 Å². The van der Waals surface area contributed by atoms with Crippen LogP contribution in [-0.4, -0.2) is 35.9 Å². The number of carbonyl (C=O) groups excluding carboxylic acids is 1. The van der Waals surface area contributed by atoms with Crippen molar-refractivity contribution in [1.82, 2.24) is 15.3 Å². The second-order valence-corrected chi connectivity index (χ2v) is 6.37. The van der Waals surface area contributed by atoms with E-state index in [4.69, 9.17) is 9.47 Å². The lowest BCUT2D eigenvalue weighted by molar-refractivity contribution is 0.0976. The molecule has 3 aromatic rings. The summed E-state index contributed by atoms with van der Waals surface area (Å²) >= 11 is 0. The van der Waals surface area contributed by atoms with Crippen LogP contribution in [0.2, 0.25) is 0 Å². The molecule has 1 aliphatic heterocycles. The van der Waals surface area contributed by atoms with Gasteiger partial charge in [-0.25, -0.2) is 9.98 Å². The Morgan fingerprint density at radius 1 is 1.10 bits per heavy atom. The highest BCUT2D eigenvalue weighted by Crippen LogP contribution is 2.27. The molecule has 1 aromatic heterocycles. The number of imidazole rings is 1. The maximum absolute atomic E-state index is 12.7. The third kappa shape index (κ3) is 3.89. The first-order valence-electron chi connectivity index (χ1n) is 9.11. The second-order valence-electron chi connectivity index (χ2n) is 6.37. The lowest BCUT2D eigenvalue weighted by Crippen LogP contribution is -2.30. The first-order valence-corrected chi connectivity index (χ1v) is 9.11. The first kappa shape index (κ1) is 18.5. The fourth-order valence-electron chi connectivity index (χ4n) is 3.03. The smallest absolute Gasteiger partial charge is 0.256 e. The number of ether oxygens (including phenoxy) is 2. The number of nitrogens with one attached hydrogen (secondary N) is 2. The summed E-state index contributed by atoms with van der Waals surface area (Å²) in [6, 6.07) is 12.8. The van der Waals surface area contributed by atoms with Crippen LogP contribution < -0.4 is 14.8 Å². The van der Waals surface area contributed by atoms with Crippen LogP contribution in [0.15, 0.2) is 65.7 Å². The molecule has 0 fully saturated rings. The van der Waals surface area contributed by atoms with E-state index in [-0.39, 0.29) is 5.91 Å². The summed E-state index contributed by atoms with van der Waals surface area (Å²) in [6.45, 7) is 0. The van der Waals surface area contributed by atoms with Gasteiger partial charge in [-0.2, -0.15) is 0 Å². The Labute approximate surface area is 167 Å². The molecule has 0 spiro atoms. The summed E-state index contributed by atoms with van der Waals surface area (Å²) in [4.78, 5) is 25.2. The number of amides is 1. The number of carbonyl (C=O) groups is 1. The van der Waals surface area contributed by atoms with Crippen molar-refractivity contribution in [3.05, 3.63) is 72.1 Å². The van der Waals surface area contributed by atoms with Gasteiger partial charge in [0.05, 0.1) is 25.3 Å². The Bertz CT molecular complexity index is 1120. The van der Waals surface area contributed by atoms with Gasteiger partial charge in [0.1, 0.15) is 11.5 Å². The van der Waals surface area contributed by atoms with E-state index in [1.807, 2.05) is 42.5 Å². The van der Waals surface area contributed by atoms with Crippen LogP contribution >= 0.6 is 0 Å². The van der Waals surface area contributed by atoms with Crippen molar-refractivity contribution in [2.24, 2.45) is 4.99 Å². The molecule has 0 unspecified atom stereocenters. The highest BCUT2D eigenvalue weighted by atomic mass is 16.5. The van der Waals surface area contributed by atoms with Crippen molar-refractivity contribution >= 4 is 28.5 Å². The van der Waals surface area contributed by atoms with E-state index in [1.54, 1.807) is 25.3 Å². The largest absolute Gasteiger partial charge is 0.493 e. The van der Waals surface area contributed by atoms with Crippen LogP contribution in [0.5, 0.6) is 11.5 Å². The predicted octanol–water partition coefficient (Wildman–Crippen LogP) is 3.71. The number of H-pyrrole nitrogens is 1. The molecule has 0 aliphatic carbocycles. The van der Waals surface area contributed by atoms with Gasteiger partial charge < -0.3 is 19.8 Å². The number of benzene rings is 2. The molecule has 0 atom stereocenters. The normalized spacial score (nSPS) is 13.4. The van der Waals surface area contributed by atoms with Crippen LogP contribution in [-0.2, 0) is 0 Å². The quantitative estimate of drug-likeness (QED) is 0.713. The molecule has 1 amide bonds. The summed E-state index contributed by atoms with van der Waals surface area (Å²) in [5.41, 5.74) is 2.90. The Morgan fingerprint density at radius 2 is 1.93 bits per heavy atom. The molecule has 2 N–H and O–H groups in total. The fraction of sp³-hybridized carbons (Fsp3) is 0.136. The summed E-state index contributed by atoms with van der Waals surface area (Å²) in [5.74, 6) is 1.96. The molecular formula is C22H20N4O3. The number of aromatic nitrogens is 2. The maximum atomic E-state index is 12.7. The molecule has 29 heavy (non-hydrogen) atoms. The van der Waals surface area contributed by atoms with E-state index < -0.39 is 0 Å². The fourth-order valence-corrected chi connectivity index (χ4v) is 3.03. The molecule has 4 rings (SSSR count). The molecule has 2 aromatic carbocycles. The molecule has 2 heterocycles. The van der Waals surface area contributed by atoms with Gasteiger partial charge in [-0.3, -0.25) is 4.79 Å². The van der Waals surface area contributed by atoms with Gasteiger partial charge in [-0.15, -0.1) is 0 Å². The zero-order valence-electron chi connectivity index (χ0n) is 16.1. The Morgan fingerprint density at radius 3 is 2.72 bits per heavy atom. The van der Waals surface area contributed by atoms with Crippen LogP contribution in [0.3, 0.4) is 0 Å². The number of para-hydroxylation sites is 2. The minimum atomic E-state index is -0.274. The highest BCUT2D eigenvalue weighted by Gasteiger charge is 2.15. The molecule has 0 bridgehead atoms. The lowest BCUT2D eigenvalue weighted by atomic mass is 10.2. The molecule has 0 radical (unpaired) electrons. The minimum absolute atomic E-state index is 0.274. The lowest BCUT2D eigenvalue weighted by Gasteiger charge is -2.11. The minimum Gasteiger partial charge on any atom is -0.493 e. The van der Waals surface area contributed by atoms with E-state index >= 15 is 0 Å². The van der Waals surface area contributed by atoms with Crippen molar-refractivity contribution in [1.29, 1.82) is 0 Å². The third-order valence-corrected chi connectivity index (χ3v) is 4.49. The molecular weight excluding hydrogens is 368 g/mol. The number of fused-ring (bicyclic) bond motifs is 1. The van der Waals surface area contributed by atoms with Crippen molar-refractivity contribution in [3.63, 3.8) is 0 Å². The number of rotatable bonds is 4. The average molecular weight is 388 g/mol. The van der Waals surface area contributed by atoms with Gasteiger partial charge in [-0.05, 0) is 36.4 Å². The first-order chi connectivity index (χ1) is 14.2. The number of allylic oxidation sites excluding steroid dienone is 2. The van der Waals surface area contributed by atoms with Crippen LogP contribution in [0.1, 0.15) is 22.6 Å². The van der Waals surface area contributed by atoms with Crippen molar-refractivity contribution in [2.45, 2.75) is 6.42 Å². The Balaban J connectivity index is 1.59. The number of hydrogen-bond donors (Lipinski definition) is 2. The van der Waals surface area contributed by atoms with E-state index in [0.29, 0.717) is 40.8 Å². The second kappa shape index (κ2) is 8.02. The zero-order valence-corrected chi connectivity index (χ0v) is 16.1. The van der Waals surface area contributed by atoms with Gasteiger partial charge in [0.15, 0.2) is 17.3 Å². The summed E-state index contributed by atoms with van der Waals surface area (Å²) in [5, 5.41) is 2.88. The number of hydrogen-bond acceptors (Lipinski definition) is 5. The number of amidine groups is 1. The topological polar surface area (TPSA) is 88.6 Å². The number of aromatic amines is 1. The maximum Gasteiger partial charge on any atom is 0.256 e. The molecule has 7 nitrogen and oxygen atoms in total. The number of aliphatic imine (C=N–C) groups is 1. The Kier molecular flexibility index (Phi) is 5.11. The predicted molar refractivity (Wildman–Crippen MR) is 112 cm³/mol. The Hall–Kier alpha value is -3.87. The third-order valence-electron chi connectivity index (χ3n) is 4.49. The molecule has 7 heteroatoms. The zero-order chi connectivity index (χ0) is 20.2. The molecule has 0 saturated carbocycles. The van der Waals surface area contributed by atoms with Gasteiger partial charge in [-0.1, -0.05) is 24.3 Å². The van der Waals surface area contributed by atoms with Crippen molar-refractivity contribution in [2.75, 3.05) is 14.2 Å². The number of methoxy groups -OCH3 is 2. The van der Waals surface area contributed by atoms with Crippen LogP contribution in [0.25, 0.3) is 16.7 Å². The molecule has 0 saturated heterocycles. The van der Waals surface area contributed by atoms with Gasteiger partial charge >= 0.3 is 0 Å².